The number of aromatic nitrogens is 1. The molecule has 4 rings (SSSR count). The molecule has 2 aliphatic heterocycles. The van der Waals surface area contributed by atoms with E-state index in [0.717, 1.165) is 28.0 Å². The van der Waals surface area contributed by atoms with Crippen LogP contribution in [0.25, 0.3) is 6.08 Å². The monoisotopic (exact) mass is 601 g/mol. The van der Waals surface area contributed by atoms with Gasteiger partial charge in [0, 0.05) is 11.1 Å². The molecule has 218 valence electrons. The fourth-order valence-corrected chi connectivity index (χ4v) is 6.14. The first kappa shape index (κ1) is 30.4. The first-order valence-electron chi connectivity index (χ1n) is 12.8. The molecule has 41 heavy (non-hydrogen) atoms. The highest BCUT2D eigenvalue weighted by Crippen LogP contribution is 2.44. The Labute approximate surface area is 245 Å². The van der Waals surface area contributed by atoms with Crippen molar-refractivity contribution in [3.63, 3.8) is 0 Å². The van der Waals surface area contributed by atoms with Crippen LogP contribution in [0.3, 0.4) is 0 Å². The number of imide groups is 1. The first-order valence-corrected chi connectivity index (χ1v) is 14.5. The van der Waals surface area contributed by atoms with E-state index in [1.807, 2.05) is 0 Å². The molecular weight excluding hydrogens is 570 g/mol. The standard InChI is InChI=1S/C28H31N3O8S2/c1-27(2,3)38-24(34)19-16-10-12-37-17(20(16)41-22(19)30-21(32)25(35)39-28(4,5)6)14-31-23(33)18(40-26(31)36)13-15-9-7-8-11-29-15/h7-9,11,13,17H,10,12,14H2,1-6H3,(H,30,32). The molecule has 0 aromatic carbocycles. The molecule has 0 spiro atoms. The minimum absolute atomic E-state index is 0.0970. The van der Waals surface area contributed by atoms with Gasteiger partial charge in [0.05, 0.1) is 29.3 Å². The Bertz CT molecular complexity index is 1420. The number of ether oxygens (including phenoxy) is 3. The van der Waals surface area contributed by atoms with Crippen LogP contribution in [0.2, 0.25) is 0 Å². The molecule has 1 N–H and O–H groups in total. The average molecular weight is 602 g/mol. The van der Waals surface area contributed by atoms with E-state index in [1.54, 1.807) is 72.0 Å². The van der Waals surface area contributed by atoms with E-state index in [0.29, 0.717) is 22.6 Å². The average Bonchev–Trinajstić information content (AvgIpc) is 3.35. The lowest BCUT2D eigenvalue weighted by Crippen LogP contribution is -2.35. The lowest BCUT2D eigenvalue weighted by Gasteiger charge is -2.26. The Balaban J connectivity index is 1.64. The molecule has 0 radical (unpaired) electrons. The third-order valence-electron chi connectivity index (χ3n) is 5.60. The Morgan fingerprint density at radius 2 is 1.83 bits per heavy atom. The Hall–Kier alpha value is -3.55. The van der Waals surface area contributed by atoms with Crippen molar-refractivity contribution in [2.45, 2.75) is 65.3 Å². The second-order valence-electron chi connectivity index (χ2n) is 11.3. The van der Waals surface area contributed by atoms with Gasteiger partial charge in [-0.3, -0.25) is 24.3 Å². The molecular formula is C28H31N3O8S2. The van der Waals surface area contributed by atoms with Gasteiger partial charge in [-0.25, -0.2) is 9.59 Å². The zero-order valence-electron chi connectivity index (χ0n) is 23.6. The Kier molecular flexibility index (Phi) is 8.71. The maximum absolute atomic E-state index is 13.3. The number of hydrogen-bond donors (Lipinski definition) is 1. The van der Waals surface area contributed by atoms with Gasteiger partial charge in [-0.1, -0.05) is 6.07 Å². The maximum Gasteiger partial charge on any atom is 0.397 e. The highest BCUT2D eigenvalue weighted by Gasteiger charge is 2.40. The van der Waals surface area contributed by atoms with Crippen molar-refractivity contribution in [2.24, 2.45) is 0 Å². The van der Waals surface area contributed by atoms with Gasteiger partial charge >= 0.3 is 17.8 Å². The number of fused-ring (bicyclic) bond motifs is 1. The van der Waals surface area contributed by atoms with E-state index >= 15 is 0 Å². The summed E-state index contributed by atoms with van der Waals surface area (Å²) in [7, 11) is 0. The van der Waals surface area contributed by atoms with Crippen LogP contribution in [-0.4, -0.2) is 63.2 Å². The molecule has 3 amide bonds. The smallest absolute Gasteiger partial charge is 0.397 e. The van der Waals surface area contributed by atoms with Crippen LogP contribution >= 0.6 is 23.1 Å². The summed E-state index contributed by atoms with van der Waals surface area (Å²) in [6.45, 7) is 10.1. The number of rotatable bonds is 5. The largest absolute Gasteiger partial charge is 0.456 e. The Morgan fingerprint density at radius 1 is 1.12 bits per heavy atom. The summed E-state index contributed by atoms with van der Waals surface area (Å²) in [5, 5.41) is 2.14. The number of carbonyl (C=O) groups excluding carboxylic acids is 5. The third-order valence-corrected chi connectivity index (χ3v) is 7.75. The lowest BCUT2D eigenvalue weighted by molar-refractivity contribution is -0.161. The van der Waals surface area contributed by atoms with Crippen molar-refractivity contribution in [2.75, 3.05) is 18.5 Å². The SMILES string of the molecule is CC(C)(C)OC(=O)C(=O)Nc1sc2c(c1C(=O)OC(C)(C)C)CCOC2CN1C(=O)SC(=Cc2ccccn2)C1=O. The zero-order chi connectivity index (χ0) is 30.1. The van der Waals surface area contributed by atoms with Gasteiger partial charge in [-0.05, 0) is 83.5 Å². The van der Waals surface area contributed by atoms with E-state index in [1.165, 1.54) is 0 Å². The molecule has 2 aliphatic rings. The normalized spacial score (nSPS) is 18.3. The topological polar surface area (TPSA) is 141 Å². The van der Waals surface area contributed by atoms with Gasteiger partial charge < -0.3 is 19.5 Å². The second kappa shape index (κ2) is 11.7. The fourth-order valence-electron chi connectivity index (χ4n) is 4.04. The van der Waals surface area contributed by atoms with Gasteiger partial charge in [-0.15, -0.1) is 11.3 Å². The van der Waals surface area contributed by atoms with Gasteiger partial charge in [0.15, 0.2) is 0 Å². The number of thioether (sulfide) groups is 1. The summed E-state index contributed by atoms with van der Waals surface area (Å²) in [5.41, 5.74) is -0.512. The molecule has 0 bridgehead atoms. The number of hydrogen-bond acceptors (Lipinski definition) is 11. The highest BCUT2D eigenvalue weighted by molar-refractivity contribution is 8.18. The van der Waals surface area contributed by atoms with Crippen molar-refractivity contribution in [3.05, 3.63) is 51.0 Å². The maximum atomic E-state index is 13.3. The molecule has 1 saturated heterocycles. The predicted molar refractivity (Wildman–Crippen MR) is 153 cm³/mol. The van der Waals surface area contributed by atoms with Crippen molar-refractivity contribution >= 4 is 63.2 Å². The van der Waals surface area contributed by atoms with Crippen LogP contribution < -0.4 is 5.32 Å². The predicted octanol–water partition coefficient (Wildman–Crippen LogP) is 4.73. The summed E-state index contributed by atoms with van der Waals surface area (Å²) in [6, 6.07) is 5.25. The van der Waals surface area contributed by atoms with Crippen LogP contribution in [-0.2, 0) is 35.0 Å². The number of nitrogens with one attached hydrogen (secondary N) is 1. The van der Waals surface area contributed by atoms with E-state index in [4.69, 9.17) is 14.2 Å². The number of anilines is 1. The summed E-state index contributed by atoms with van der Waals surface area (Å²) in [5.74, 6) is -3.32. The molecule has 2 aromatic rings. The van der Waals surface area contributed by atoms with Gasteiger partial charge in [-0.2, -0.15) is 0 Å². The molecule has 4 heterocycles. The second-order valence-corrected chi connectivity index (χ2v) is 13.3. The van der Waals surface area contributed by atoms with Crippen LogP contribution in [0, 0.1) is 0 Å². The number of nitrogens with zero attached hydrogens (tertiary/aromatic N) is 2. The quantitative estimate of drug-likeness (QED) is 0.290. The van der Waals surface area contributed by atoms with Crippen LogP contribution in [0.1, 0.15) is 74.1 Å². The molecule has 0 aliphatic carbocycles. The number of thiophene rings is 1. The molecule has 0 saturated carbocycles. The summed E-state index contributed by atoms with van der Waals surface area (Å²) < 4.78 is 16.7. The van der Waals surface area contributed by atoms with Gasteiger partial charge in [0.2, 0.25) is 0 Å². The number of amides is 3. The van der Waals surface area contributed by atoms with Crippen molar-refractivity contribution in [3.8, 4) is 0 Å². The number of carbonyl (C=O) groups is 5. The van der Waals surface area contributed by atoms with Crippen LogP contribution in [0.15, 0.2) is 29.3 Å². The van der Waals surface area contributed by atoms with Crippen molar-refractivity contribution in [1.29, 1.82) is 0 Å². The molecule has 1 atom stereocenters. The highest BCUT2D eigenvalue weighted by atomic mass is 32.2. The number of esters is 2. The number of pyridine rings is 1. The summed E-state index contributed by atoms with van der Waals surface area (Å²) in [4.78, 5) is 70.4. The lowest BCUT2D eigenvalue weighted by atomic mass is 10.0. The molecule has 1 unspecified atom stereocenters. The van der Waals surface area contributed by atoms with Crippen LogP contribution in [0.5, 0.6) is 0 Å². The summed E-state index contributed by atoms with van der Waals surface area (Å²) >= 11 is 1.84. The zero-order valence-corrected chi connectivity index (χ0v) is 25.2. The minimum Gasteiger partial charge on any atom is -0.456 e. The Morgan fingerprint density at radius 3 is 2.46 bits per heavy atom. The molecule has 11 nitrogen and oxygen atoms in total. The molecule has 1 fully saturated rings. The molecule has 2 aromatic heterocycles. The molecule has 13 heteroatoms. The van der Waals surface area contributed by atoms with E-state index in [9.17, 15) is 24.0 Å². The minimum atomic E-state index is -1.11. The van der Waals surface area contributed by atoms with E-state index < -0.39 is 46.3 Å². The van der Waals surface area contributed by atoms with Gasteiger partial charge in [0.25, 0.3) is 11.1 Å². The summed E-state index contributed by atoms with van der Waals surface area (Å²) in [6.07, 6.45) is 2.69. The fraction of sp³-hybridized carbons (Fsp3) is 0.429. The van der Waals surface area contributed by atoms with Crippen molar-refractivity contribution in [1.82, 2.24) is 9.88 Å². The van der Waals surface area contributed by atoms with E-state index in [2.05, 4.69) is 10.3 Å². The van der Waals surface area contributed by atoms with E-state index in [-0.39, 0.29) is 28.6 Å². The third kappa shape index (κ3) is 7.40. The van der Waals surface area contributed by atoms with Crippen molar-refractivity contribution < 1.29 is 38.2 Å². The van der Waals surface area contributed by atoms with Gasteiger partial charge in [0.1, 0.15) is 22.3 Å². The first-order chi connectivity index (χ1) is 19.1. The van der Waals surface area contributed by atoms with Crippen LogP contribution in [0.4, 0.5) is 9.80 Å².